The van der Waals surface area contributed by atoms with Crippen LogP contribution in [-0.2, 0) is 0 Å². The van der Waals surface area contributed by atoms with Gasteiger partial charge in [-0.2, -0.15) is 0 Å². The number of pyridine rings is 1. The van der Waals surface area contributed by atoms with Crippen LogP contribution < -0.4 is 10.2 Å². The minimum Gasteiger partial charge on any atom is -0.436 e. The molecule has 0 fully saturated rings. The van der Waals surface area contributed by atoms with Crippen LogP contribution in [0.2, 0.25) is 0 Å². The zero-order valence-corrected chi connectivity index (χ0v) is 10.9. The molecule has 0 aliphatic rings. The Labute approximate surface area is 112 Å². The van der Waals surface area contributed by atoms with Gasteiger partial charge in [-0.15, -0.1) is 0 Å². The van der Waals surface area contributed by atoms with Crippen LogP contribution in [0.25, 0.3) is 0 Å². The molecule has 0 amide bonds. The number of thioether (sulfide) groups is 1. The van der Waals surface area contributed by atoms with Gasteiger partial charge in [0.1, 0.15) is 7.85 Å². The van der Waals surface area contributed by atoms with Crippen LogP contribution in [0.3, 0.4) is 0 Å². The van der Waals surface area contributed by atoms with E-state index < -0.39 is 0 Å². The molecule has 4 nitrogen and oxygen atoms in total. The zero-order chi connectivity index (χ0) is 12.8. The Balaban J connectivity index is 2.04. The highest BCUT2D eigenvalue weighted by molar-refractivity contribution is 7.99. The van der Waals surface area contributed by atoms with Crippen molar-refractivity contribution in [3.05, 3.63) is 30.7 Å². The Hall–Kier alpha value is -1.56. The summed E-state index contributed by atoms with van der Waals surface area (Å²) in [5, 5.41) is 0.748. The van der Waals surface area contributed by atoms with Crippen molar-refractivity contribution in [2.24, 2.45) is 0 Å². The van der Waals surface area contributed by atoms with Crippen LogP contribution in [-0.4, -0.2) is 28.6 Å². The largest absolute Gasteiger partial charge is 0.436 e. The summed E-state index contributed by atoms with van der Waals surface area (Å²) < 4.78 is 5.50. The Morgan fingerprint density at radius 3 is 2.72 bits per heavy atom. The van der Waals surface area contributed by atoms with Gasteiger partial charge in [0.15, 0.2) is 10.9 Å². The van der Waals surface area contributed by atoms with E-state index in [1.165, 1.54) is 0 Å². The lowest BCUT2D eigenvalue weighted by molar-refractivity contribution is 0.460. The molecule has 0 spiro atoms. The predicted molar refractivity (Wildman–Crippen MR) is 72.7 cm³/mol. The summed E-state index contributed by atoms with van der Waals surface area (Å²) in [5.41, 5.74) is 0.488. The highest BCUT2D eigenvalue weighted by Gasteiger charge is 2.03. The SMILES string of the molecule is [B]c1cccnc1Oc1cnc(SCCC)nc1. The second kappa shape index (κ2) is 6.40. The molecule has 0 aliphatic heterocycles. The first-order chi connectivity index (χ1) is 8.79. The summed E-state index contributed by atoms with van der Waals surface area (Å²) in [7, 11) is 5.73. The van der Waals surface area contributed by atoms with Crippen molar-refractivity contribution in [1.82, 2.24) is 15.0 Å². The molecule has 2 heterocycles. The first-order valence-corrected chi connectivity index (χ1v) is 6.61. The molecule has 0 saturated heterocycles. The molecule has 0 N–H and O–H groups in total. The summed E-state index contributed by atoms with van der Waals surface area (Å²) in [6.07, 6.45) is 5.97. The van der Waals surface area contributed by atoms with Gasteiger partial charge in [0, 0.05) is 11.9 Å². The maximum atomic E-state index is 5.73. The van der Waals surface area contributed by atoms with E-state index in [0.717, 1.165) is 17.3 Å². The molecule has 0 atom stereocenters. The Morgan fingerprint density at radius 2 is 2.06 bits per heavy atom. The number of aromatic nitrogens is 3. The van der Waals surface area contributed by atoms with Crippen molar-refractivity contribution in [2.45, 2.75) is 18.5 Å². The third kappa shape index (κ3) is 3.47. The van der Waals surface area contributed by atoms with E-state index >= 15 is 0 Å². The number of nitrogens with zero attached hydrogens (tertiary/aromatic N) is 3. The molecule has 0 unspecified atom stereocenters. The lowest BCUT2D eigenvalue weighted by atomic mass is 9.98. The van der Waals surface area contributed by atoms with E-state index in [1.54, 1.807) is 42.5 Å². The lowest BCUT2D eigenvalue weighted by Crippen LogP contribution is -2.07. The topological polar surface area (TPSA) is 47.9 Å². The van der Waals surface area contributed by atoms with Crippen LogP contribution in [0.5, 0.6) is 11.6 Å². The highest BCUT2D eigenvalue weighted by atomic mass is 32.2. The number of rotatable bonds is 5. The molecule has 2 rings (SSSR count). The van der Waals surface area contributed by atoms with Gasteiger partial charge in [-0.3, -0.25) is 0 Å². The second-order valence-electron chi connectivity index (χ2n) is 3.55. The molecule has 2 aromatic heterocycles. The van der Waals surface area contributed by atoms with Crippen LogP contribution in [0.1, 0.15) is 13.3 Å². The second-order valence-corrected chi connectivity index (χ2v) is 4.61. The van der Waals surface area contributed by atoms with Crippen molar-refractivity contribution >= 4 is 25.1 Å². The van der Waals surface area contributed by atoms with E-state index in [9.17, 15) is 0 Å². The van der Waals surface area contributed by atoms with Gasteiger partial charge < -0.3 is 4.74 Å². The molecule has 0 bridgehead atoms. The molecule has 2 radical (unpaired) electrons. The van der Waals surface area contributed by atoms with Gasteiger partial charge in [-0.25, -0.2) is 15.0 Å². The van der Waals surface area contributed by atoms with Crippen molar-refractivity contribution in [3.63, 3.8) is 0 Å². The van der Waals surface area contributed by atoms with Gasteiger partial charge in [-0.1, -0.05) is 24.8 Å². The normalized spacial score (nSPS) is 10.3. The van der Waals surface area contributed by atoms with E-state index in [0.29, 0.717) is 17.1 Å². The van der Waals surface area contributed by atoms with E-state index in [4.69, 9.17) is 12.6 Å². The first kappa shape index (κ1) is 12.9. The number of hydrogen-bond acceptors (Lipinski definition) is 5. The summed E-state index contributed by atoms with van der Waals surface area (Å²) in [4.78, 5) is 12.4. The van der Waals surface area contributed by atoms with E-state index in [-0.39, 0.29) is 0 Å². The minimum atomic E-state index is 0.370. The molecule has 0 aliphatic carbocycles. The fraction of sp³-hybridized carbons (Fsp3) is 0.250. The lowest BCUT2D eigenvalue weighted by Gasteiger charge is -2.06. The van der Waals surface area contributed by atoms with Gasteiger partial charge >= 0.3 is 0 Å². The summed E-state index contributed by atoms with van der Waals surface area (Å²) in [6.45, 7) is 2.12. The third-order valence-corrected chi connectivity index (χ3v) is 3.14. The zero-order valence-electron chi connectivity index (χ0n) is 10.0. The smallest absolute Gasteiger partial charge is 0.212 e. The quantitative estimate of drug-likeness (QED) is 0.465. The molecule has 2 aromatic rings. The van der Waals surface area contributed by atoms with Gasteiger partial charge in [-0.05, 0) is 17.9 Å². The third-order valence-electron chi connectivity index (χ3n) is 2.05. The fourth-order valence-corrected chi connectivity index (χ4v) is 1.87. The number of ether oxygens (including phenoxy) is 1. The highest BCUT2D eigenvalue weighted by Crippen LogP contribution is 2.18. The maximum absolute atomic E-state index is 5.73. The Morgan fingerprint density at radius 1 is 1.28 bits per heavy atom. The van der Waals surface area contributed by atoms with Crippen molar-refractivity contribution in [3.8, 4) is 11.6 Å². The maximum Gasteiger partial charge on any atom is 0.212 e. The molecule has 0 aromatic carbocycles. The average Bonchev–Trinajstić information content (AvgIpc) is 2.41. The van der Waals surface area contributed by atoms with Crippen LogP contribution >= 0.6 is 11.8 Å². The Bertz CT molecular complexity index is 507. The number of hydrogen-bond donors (Lipinski definition) is 0. The summed E-state index contributed by atoms with van der Waals surface area (Å²) in [6, 6.07) is 3.48. The fourth-order valence-electron chi connectivity index (χ4n) is 1.23. The molecule has 0 saturated carbocycles. The molecule has 90 valence electrons. The summed E-state index contributed by atoms with van der Waals surface area (Å²) >= 11 is 1.62. The summed E-state index contributed by atoms with van der Waals surface area (Å²) in [5.74, 6) is 1.91. The predicted octanol–water partition coefficient (Wildman–Crippen LogP) is 1.96. The molecular weight excluding hydrogens is 245 g/mol. The first-order valence-electron chi connectivity index (χ1n) is 5.62. The van der Waals surface area contributed by atoms with E-state index in [1.807, 2.05) is 0 Å². The van der Waals surface area contributed by atoms with Crippen molar-refractivity contribution in [2.75, 3.05) is 5.75 Å². The van der Waals surface area contributed by atoms with Gasteiger partial charge in [0.05, 0.1) is 12.4 Å². The van der Waals surface area contributed by atoms with E-state index in [2.05, 4.69) is 21.9 Å². The van der Waals surface area contributed by atoms with Crippen LogP contribution in [0.15, 0.2) is 35.9 Å². The van der Waals surface area contributed by atoms with Crippen molar-refractivity contribution in [1.29, 1.82) is 0 Å². The van der Waals surface area contributed by atoms with Crippen LogP contribution in [0.4, 0.5) is 0 Å². The monoisotopic (exact) mass is 257 g/mol. The molecule has 6 heteroatoms. The van der Waals surface area contributed by atoms with Crippen LogP contribution in [0, 0.1) is 0 Å². The van der Waals surface area contributed by atoms with Gasteiger partial charge in [0.25, 0.3) is 0 Å². The molecule has 18 heavy (non-hydrogen) atoms. The van der Waals surface area contributed by atoms with Crippen molar-refractivity contribution < 1.29 is 4.74 Å². The standard InChI is InChI=1S/C12H12BN3OS/c1-2-6-18-12-15-7-9(8-16-12)17-11-10(13)4-3-5-14-11/h3-5,7-8H,2,6H2,1H3. The van der Waals surface area contributed by atoms with Gasteiger partial charge in [0.2, 0.25) is 5.88 Å². The average molecular weight is 257 g/mol. The Kier molecular flexibility index (Phi) is 4.58. The molecular formula is C12H12BN3OS. The minimum absolute atomic E-state index is 0.370.